The third-order valence-corrected chi connectivity index (χ3v) is 10.6. The number of fused-ring (bicyclic) bond motifs is 6. The van der Waals surface area contributed by atoms with Gasteiger partial charge in [0, 0.05) is 53.3 Å². The van der Waals surface area contributed by atoms with Crippen LogP contribution >= 0.6 is 11.3 Å². The minimum Gasteiger partial charge on any atom is -0.309 e. The van der Waals surface area contributed by atoms with Crippen LogP contribution in [0, 0.1) is 0 Å². The second-order valence-corrected chi connectivity index (χ2v) is 13.5. The molecule has 5 heteroatoms. The molecule has 0 bridgehead atoms. The van der Waals surface area contributed by atoms with E-state index in [0.29, 0.717) is 17.5 Å². The molecule has 50 heavy (non-hydrogen) atoms. The van der Waals surface area contributed by atoms with Gasteiger partial charge in [-0.2, -0.15) is 0 Å². The average Bonchev–Trinajstić information content (AvgIpc) is 3.73. The van der Waals surface area contributed by atoms with Gasteiger partial charge < -0.3 is 4.57 Å². The number of para-hydroxylation sites is 2. The first-order chi connectivity index (χ1) is 24.8. The van der Waals surface area contributed by atoms with Gasteiger partial charge >= 0.3 is 0 Å². The molecule has 0 spiro atoms. The summed E-state index contributed by atoms with van der Waals surface area (Å²) in [4.78, 5) is 14.8. The molecule has 0 aliphatic carbocycles. The summed E-state index contributed by atoms with van der Waals surface area (Å²) in [5, 5.41) is 5.02. The molecule has 0 unspecified atom stereocenters. The molecule has 234 valence electrons. The van der Waals surface area contributed by atoms with E-state index in [9.17, 15) is 0 Å². The Balaban J connectivity index is 1.11. The van der Waals surface area contributed by atoms with Crippen molar-refractivity contribution in [3.63, 3.8) is 0 Å². The van der Waals surface area contributed by atoms with Crippen LogP contribution in [0.15, 0.2) is 170 Å². The van der Waals surface area contributed by atoms with Gasteiger partial charge in [0.05, 0.1) is 11.0 Å². The van der Waals surface area contributed by atoms with Crippen LogP contribution < -0.4 is 0 Å². The van der Waals surface area contributed by atoms with E-state index in [1.807, 2.05) is 72.0 Å². The first kappa shape index (κ1) is 28.6. The molecule has 0 aliphatic heterocycles. The number of hydrogen-bond acceptors (Lipinski definition) is 4. The summed E-state index contributed by atoms with van der Waals surface area (Å²) >= 11 is 1.82. The van der Waals surface area contributed by atoms with Gasteiger partial charge in [0.15, 0.2) is 17.5 Å². The van der Waals surface area contributed by atoms with Crippen molar-refractivity contribution in [3.8, 4) is 51.0 Å². The monoisotopic (exact) mass is 656 g/mol. The van der Waals surface area contributed by atoms with Crippen molar-refractivity contribution in [1.29, 1.82) is 0 Å². The fourth-order valence-corrected chi connectivity index (χ4v) is 8.32. The van der Waals surface area contributed by atoms with E-state index in [1.54, 1.807) is 0 Å². The zero-order valence-corrected chi connectivity index (χ0v) is 27.7. The smallest absolute Gasteiger partial charge is 0.164 e. The second-order valence-electron chi connectivity index (χ2n) is 12.5. The molecule has 0 amide bonds. The average molecular weight is 657 g/mol. The predicted octanol–water partition coefficient (Wildman–Crippen LogP) is 12.0. The zero-order chi connectivity index (χ0) is 33.0. The molecule has 0 N–H and O–H groups in total. The molecule has 3 aromatic heterocycles. The van der Waals surface area contributed by atoms with Crippen LogP contribution in [-0.4, -0.2) is 19.5 Å². The van der Waals surface area contributed by atoms with Gasteiger partial charge in [-0.25, -0.2) is 15.0 Å². The molecule has 10 rings (SSSR count). The third-order valence-electron chi connectivity index (χ3n) is 9.45. The Morgan fingerprint density at radius 1 is 0.380 bits per heavy atom. The summed E-state index contributed by atoms with van der Waals surface area (Å²) in [6.07, 6.45) is 0. The quantitative estimate of drug-likeness (QED) is 0.185. The lowest BCUT2D eigenvalue weighted by Crippen LogP contribution is -1.99. The van der Waals surface area contributed by atoms with Gasteiger partial charge in [0.2, 0.25) is 0 Å². The van der Waals surface area contributed by atoms with Crippen molar-refractivity contribution in [2.75, 3.05) is 0 Å². The number of benzene rings is 7. The number of thiophene rings is 1. The van der Waals surface area contributed by atoms with Crippen LogP contribution in [0.25, 0.3) is 93.0 Å². The fraction of sp³-hybridized carbons (Fsp3) is 0. The molecular weight excluding hydrogens is 629 g/mol. The molecule has 0 saturated heterocycles. The molecule has 0 aliphatic rings. The van der Waals surface area contributed by atoms with Gasteiger partial charge in [-0.3, -0.25) is 0 Å². The number of rotatable bonds is 5. The molecule has 0 atom stereocenters. The summed E-state index contributed by atoms with van der Waals surface area (Å²) in [5.41, 5.74) is 8.93. The summed E-state index contributed by atoms with van der Waals surface area (Å²) in [7, 11) is 0. The van der Waals surface area contributed by atoms with Gasteiger partial charge in [-0.1, -0.05) is 133 Å². The number of aromatic nitrogens is 4. The minimum atomic E-state index is 0.665. The Morgan fingerprint density at radius 2 is 0.900 bits per heavy atom. The number of nitrogens with zero attached hydrogens (tertiary/aromatic N) is 4. The SMILES string of the molecule is c1ccc(-c2nc(-c3ccccc3)nc(-c3ccc4c(c3)sc3cc(-c5cccc6c5c5ccccc5n6-c5ccccc5)ccc34)n2)cc1. The zero-order valence-electron chi connectivity index (χ0n) is 26.9. The maximum Gasteiger partial charge on any atom is 0.164 e. The molecule has 4 nitrogen and oxygen atoms in total. The molecule has 3 heterocycles. The Hall–Kier alpha value is -6.43. The molecule has 0 radical (unpaired) electrons. The normalized spacial score (nSPS) is 11.6. The van der Waals surface area contributed by atoms with Crippen LogP contribution in [0.4, 0.5) is 0 Å². The molecule has 7 aromatic carbocycles. The van der Waals surface area contributed by atoms with E-state index in [-0.39, 0.29) is 0 Å². The lowest BCUT2D eigenvalue weighted by Gasteiger charge is -2.09. The highest BCUT2D eigenvalue weighted by atomic mass is 32.1. The van der Waals surface area contributed by atoms with Crippen LogP contribution in [-0.2, 0) is 0 Å². The van der Waals surface area contributed by atoms with E-state index in [1.165, 1.54) is 53.1 Å². The first-order valence-electron chi connectivity index (χ1n) is 16.7. The van der Waals surface area contributed by atoms with Gasteiger partial charge in [-0.05, 0) is 47.5 Å². The van der Waals surface area contributed by atoms with Crippen LogP contribution in [0.5, 0.6) is 0 Å². The third kappa shape index (κ3) is 4.71. The Bertz CT molecular complexity index is 2800. The maximum atomic E-state index is 4.97. The lowest BCUT2D eigenvalue weighted by atomic mass is 9.98. The Morgan fingerprint density at radius 3 is 1.56 bits per heavy atom. The van der Waals surface area contributed by atoms with Crippen molar-refractivity contribution in [1.82, 2.24) is 19.5 Å². The summed E-state index contributed by atoms with van der Waals surface area (Å²) in [6, 6.07) is 59.8. The van der Waals surface area contributed by atoms with E-state index < -0.39 is 0 Å². The maximum absolute atomic E-state index is 4.97. The standard InChI is InChI=1S/C45H28N4S/c1-4-13-29(14-5-1)43-46-44(30-15-6-2-7-16-30)48-45(47-43)32-24-26-36-35-25-23-31(27-40(35)50-41(36)28-32)34-20-12-22-39-42(34)37-19-10-11-21-38(37)49(39)33-17-8-3-9-18-33/h1-28H. The Kier molecular flexibility index (Phi) is 6.64. The van der Waals surface area contributed by atoms with Crippen molar-refractivity contribution in [2.45, 2.75) is 0 Å². The first-order valence-corrected chi connectivity index (χ1v) is 17.5. The van der Waals surface area contributed by atoms with E-state index in [4.69, 9.17) is 15.0 Å². The van der Waals surface area contributed by atoms with Gasteiger partial charge in [-0.15, -0.1) is 11.3 Å². The second kappa shape index (κ2) is 11.6. The van der Waals surface area contributed by atoms with Crippen molar-refractivity contribution in [2.24, 2.45) is 0 Å². The highest BCUT2D eigenvalue weighted by molar-refractivity contribution is 7.25. The highest BCUT2D eigenvalue weighted by Crippen LogP contribution is 2.42. The Labute approximate surface area is 292 Å². The van der Waals surface area contributed by atoms with E-state index in [0.717, 1.165) is 22.4 Å². The van der Waals surface area contributed by atoms with E-state index in [2.05, 4.69) is 114 Å². The van der Waals surface area contributed by atoms with Crippen molar-refractivity contribution < 1.29 is 0 Å². The van der Waals surface area contributed by atoms with E-state index >= 15 is 0 Å². The predicted molar refractivity (Wildman–Crippen MR) is 209 cm³/mol. The van der Waals surface area contributed by atoms with Crippen molar-refractivity contribution >= 4 is 53.3 Å². The molecular formula is C45H28N4S. The van der Waals surface area contributed by atoms with Crippen LogP contribution in [0.3, 0.4) is 0 Å². The summed E-state index contributed by atoms with van der Waals surface area (Å²) in [6.45, 7) is 0. The molecule has 0 saturated carbocycles. The topological polar surface area (TPSA) is 43.6 Å². The minimum absolute atomic E-state index is 0.665. The van der Waals surface area contributed by atoms with Crippen LogP contribution in [0.2, 0.25) is 0 Å². The molecule has 10 aromatic rings. The number of hydrogen-bond donors (Lipinski definition) is 0. The van der Waals surface area contributed by atoms with Gasteiger partial charge in [0.25, 0.3) is 0 Å². The summed E-state index contributed by atoms with van der Waals surface area (Å²) < 4.78 is 4.84. The highest BCUT2D eigenvalue weighted by Gasteiger charge is 2.18. The summed E-state index contributed by atoms with van der Waals surface area (Å²) in [5.74, 6) is 2.00. The molecule has 0 fully saturated rings. The van der Waals surface area contributed by atoms with Crippen molar-refractivity contribution in [3.05, 3.63) is 170 Å². The fourth-order valence-electron chi connectivity index (χ4n) is 7.14. The van der Waals surface area contributed by atoms with Crippen LogP contribution in [0.1, 0.15) is 0 Å². The van der Waals surface area contributed by atoms with Gasteiger partial charge in [0.1, 0.15) is 0 Å². The largest absolute Gasteiger partial charge is 0.309 e. The lowest BCUT2D eigenvalue weighted by molar-refractivity contribution is 1.07.